The molecule has 3 heterocycles. The van der Waals surface area contributed by atoms with Crippen molar-refractivity contribution in [3.63, 3.8) is 0 Å². The largest absolute Gasteiger partial charge is 0.354 e. The van der Waals surface area contributed by atoms with Crippen LogP contribution in [0.15, 0.2) is 6.07 Å². The van der Waals surface area contributed by atoms with Gasteiger partial charge < -0.3 is 4.90 Å². The molecule has 0 aromatic carbocycles. The fourth-order valence-electron chi connectivity index (χ4n) is 3.00. The first-order valence-electron chi connectivity index (χ1n) is 6.65. The molecule has 3 nitrogen and oxygen atoms in total. The zero-order valence-electron chi connectivity index (χ0n) is 10.6. The second-order valence-electron chi connectivity index (χ2n) is 5.20. The molecule has 0 amide bonds. The SMILES string of the molecule is Clc1cc(Cl)c(N2CCC(N3CCCC3)C2)nc1Cl. The van der Waals surface area contributed by atoms with Crippen molar-refractivity contribution >= 4 is 40.6 Å². The van der Waals surface area contributed by atoms with Crippen molar-refractivity contribution in [2.24, 2.45) is 0 Å². The van der Waals surface area contributed by atoms with Crippen molar-refractivity contribution in [3.8, 4) is 0 Å². The minimum atomic E-state index is 0.325. The predicted octanol–water partition coefficient (Wildman–Crippen LogP) is 3.72. The lowest BCUT2D eigenvalue weighted by molar-refractivity contribution is 0.260. The summed E-state index contributed by atoms with van der Waals surface area (Å²) in [5.74, 6) is 0.762. The van der Waals surface area contributed by atoms with Crippen LogP contribution in [0.5, 0.6) is 0 Å². The first-order chi connectivity index (χ1) is 9.15. The highest BCUT2D eigenvalue weighted by Crippen LogP contribution is 2.33. The summed E-state index contributed by atoms with van der Waals surface area (Å²) in [4.78, 5) is 9.11. The van der Waals surface area contributed by atoms with Crippen molar-refractivity contribution in [2.75, 3.05) is 31.1 Å². The fraction of sp³-hybridized carbons (Fsp3) is 0.615. The summed E-state index contributed by atoms with van der Waals surface area (Å²) in [6, 6.07) is 2.30. The van der Waals surface area contributed by atoms with Crippen LogP contribution in [0.4, 0.5) is 5.82 Å². The molecule has 3 rings (SSSR count). The lowest BCUT2D eigenvalue weighted by Gasteiger charge is -2.24. The molecule has 0 radical (unpaired) electrons. The number of rotatable bonds is 2. The summed E-state index contributed by atoms with van der Waals surface area (Å²) in [6.45, 7) is 4.40. The van der Waals surface area contributed by atoms with Gasteiger partial charge in [-0.1, -0.05) is 34.8 Å². The molecule has 1 atom stereocenters. The van der Waals surface area contributed by atoms with Crippen LogP contribution >= 0.6 is 34.8 Å². The molecule has 2 saturated heterocycles. The van der Waals surface area contributed by atoms with Crippen LogP contribution < -0.4 is 4.90 Å². The summed E-state index contributed by atoms with van der Waals surface area (Å²) >= 11 is 18.1. The summed E-state index contributed by atoms with van der Waals surface area (Å²) in [6.07, 6.45) is 3.81. The minimum Gasteiger partial charge on any atom is -0.354 e. The Balaban J connectivity index is 1.75. The van der Waals surface area contributed by atoms with E-state index in [1.807, 2.05) is 0 Å². The summed E-state index contributed by atoms with van der Waals surface area (Å²) in [7, 11) is 0. The van der Waals surface area contributed by atoms with E-state index < -0.39 is 0 Å². The van der Waals surface area contributed by atoms with Crippen molar-refractivity contribution in [1.29, 1.82) is 0 Å². The molecule has 104 valence electrons. The van der Waals surface area contributed by atoms with E-state index in [2.05, 4.69) is 14.8 Å². The molecule has 0 spiro atoms. The molecule has 0 N–H and O–H groups in total. The molecule has 2 aliphatic heterocycles. The first-order valence-corrected chi connectivity index (χ1v) is 7.79. The number of halogens is 3. The van der Waals surface area contributed by atoms with Gasteiger partial charge in [-0.25, -0.2) is 4.98 Å². The topological polar surface area (TPSA) is 19.4 Å². The van der Waals surface area contributed by atoms with Crippen LogP contribution in [0.3, 0.4) is 0 Å². The Morgan fingerprint density at radius 3 is 2.53 bits per heavy atom. The van der Waals surface area contributed by atoms with Crippen molar-refractivity contribution in [3.05, 3.63) is 21.3 Å². The third-order valence-corrected chi connectivity index (χ3v) is 4.94. The van der Waals surface area contributed by atoms with Gasteiger partial charge in [-0.15, -0.1) is 0 Å². The Morgan fingerprint density at radius 2 is 1.79 bits per heavy atom. The van der Waals surface area contributed by atoms with Gasteiger partial charge in [-0.3, -0.25) is 4.90 Å². The van der Waals surface area contributed by atoms with Crippen LogP contribution in [0.1, 0.15) is 19.3 Å². The van der Waals surface area contributed by atoms with Gasteiger partial charge >= 0.3 is 0 Å². The highest BCUT2D eigenvalue weighted by atomic mass is 35.5. The third-order valence-electron chi connectivity index (χ3n) is 3.99. The van der Waals surface area contributed by atoms with Gasteiger partial charge in [0.25, 0.3) is 0 Å². The maximum absolute atomic E-state index is 6.23. The van der Waals surface area contributed by atoms with Gasteiger partial charge in [0, 0.05) is 19.1 Å². The van der Waals surface area contributed by atoms with Crippen LogP contribution in [0.2, 0.25) is 15.2 Å². The van der Waals surface area contributed by atoms with E-state index in [0.29, 0.717) is 21.2 Å². The maximum Gasteiger partial charge on any atom is 0.150 e. The number of aromatic nitrogens is 1. The maximum atomic E-state index is 6.23. The van der Waals surface area contributed by atoms with Crippen molar-refractivity contribution in [2.45, 2.75) is 25.3 Å². The third kappa shape index (κ3) is 2.80. The average Bonchev–Trinajstić information content (AvgIpc) is 3.03. The first kappa shape index (κ1) is 13.7. The van der Waals surface area contributed by atoms with E-state index in [4.69, 9.17) is 34.8 Å². The van der Waals surface area contributed by atoms with E-state index in [1.54, 1.807) is 6.07 Å². The van der Waals surface area contributed by atoms with Gasteiger partial charge in [0.05, 0.1) is 10.0 Å². The van der Waals surface area contributed by atoms with E-state index in [1.165, 1.54) is 25.9 Å². The Bertz CT molecular complexity index is 474. The number of hydrogen-bond acceptors (Lipinski definition) is 3. The average molecular weight is 321 g/mol. The number of hydrogen-bond donors (Lipinski definition) is 0. The molecule has 0 saturated carbocycles. The van der Waals surface area contributed by atoms with Gasteiger partial charge in [0.15, 0.2) is 0 Å². The molecule has 0 bridgehead atoms. The van der Waals surface area contributed by atoms with E-state index in [0.717, 1.165) is 25.3 Å². The lowest BCUT2D eigenvalue weighted by Crippen LogP contribution is -2.35. The molecule has 2 fully saturated rings. The monoisotopic (exact) mass is 319 g/mol. The molecule has 19 heavy (non-hydrogen) atoms. The molecular formula is C13H16Cl3N3. The second kappa shape index (κ2) is 5.65. The number of likely N-dealkylation sites (tertiary alicyclic amines) is 1. The summed E-state index contributed by atoms with van der Waals surface area (Å²) in [5.41, 5.74) is 0. The Kier molecular flexibility index (Phi) is 4.08. The molecular weight excluding hydrogens is 305 g/mol. The summed E-state index contributed by atoms with van der Waals surface area (Å²) in [5, 5.41) is 1.31. The molecule has 1 aromatic heterocycles. The molecule has 0 aliphatic carbocycles. The predicted molar refractivity (Wildman–Crippen MR) is 80.7 cm³/mol. The number of anilines is 1. The van der Waals surface area contributed by atoms with Crippen LogP contribution in [-0.4, -0.2) is 42.1 Å². The van der Waals surface area contributed by atoms with Crippen LogP contribution in [0.25, 0.3) is 0 Å². The van der Waals surface area contributed by atoms with E-state index >= 15 is 0 Å². The summed E-state index contributed by atoms with van der Waals surface area (Å²) < 4.78 is 0. The molecule has 1 unspecified atom stereocenters. The van der Waals surface area contributed by atoms with Gasteiger partial charge in [0.2, 0.25) is 0 Å². The van der Waals surface area contributed by atoms with Crippen molar-refractivity contribution in [1.82, 2.24) is 9.88 Å². The van der Waals surface area contributed by atoms with Gasteiger partial charge in [0.1, 0.15) is 11.0 Å². The molecule has 6 heteroatoms. The quantitative estimate of drug-likeness (QED) is 0.774. The second-order valence-corrected chi connectivity index (χ2v) is 6.37. The fourth-order valence-corrected chi connectivity index (χ4v) is 3.61. The van der Waals surface area contributed by atoms with Crippen molar-refractivity contribution < 1.29 is 0 Å². The highest BCUT2D eigenvalue weighted by molar-refractivity contribution is 6.42. The minimum absolute atomic E-state index is 0.325. The Morgan fingerprint density at radius 1 is 1.05 bits per heavy atom. The van der Waals surface area contributed by atoms with Crippen LogP contribution in [0, 0.1) is 0 Å². The molecule has 2 aliphatic rings. The smallest absolute Gasteiger partial charge is 0.150 e. The van der Waals surface area contributed by atoms with E-state index in [9.17, 15) is 0 Å². The Hall–Kier alpha value is -0.220. The van der Waals surface area contributed by atoms with Crippen LogP contribution in [-0.2, 0) is 0 Å². The zero-order chi connectivity index (χ0) is 13.4. The number of nitrogens with zero attached hydrogens (tertiary/aromatic N) is 3. The van der Waals surface area contributed by atoms with E-state index in [-0.39, 0.29) is 0 Å². The Labute approximate surface area is 128 Å². The van der Waals surface area contributed by atoms with Gasteiger partial charge in [-0.05, 0) is 38.4 Å². The molecule has 1 aromatic rings. The number of pyridine rings is 1. The highest BCUT2D eigenvalue weighted by Gasteiger charge is 2.30. The lowest BCUT2D eigenvalue weighted by atomic mass is 10.2. The normalized spacial score (nSPS) is 24.4. The zero-order valence-corrected chi connectivity index (χ0v) is 12.8. The standard InChI is InChI=1S/C13H16Cl3N3/c14-10-7-11(15)13(17-12(10)16)19-6-3-9(8-19)18-4-1-2-5-18/h7,9H,1-6,8H2. The van der Waals surface area contributed by atoms with Gasteiger partial charge in [-0.2, -0.15) is 0 Å².